The summed E-state index contributed by atoms with van der Waals surface area (Å²) in [4.78, 5) is 22.1. The van der Waals surface area contributed by atoms with Crippen LogP contribution < -0.4 is 10.0 Å². The summed E-state index contributed by atoms with van der Waals surface area (Å²) in [7, 11) is 0. The molecule has 6 nitrogen and oxygen atoms in total. The van der Waals surface area contributed by atoms with Crippen molar-refractivity contribution in [3.8, 4) is 21.6 Å². The van der Waals surface area contributed by atoms with E-state index in [0.717, 1.165) is 26.3 Å². The summed E-state index contributed by atoms with van der Waals surface area (Å²) >= 11 is 1.34. The Morgan fingerprint density at radius 1 is 0.968 bits per heavy atom. The van der Waals surface area contributed by atoms with Crippen molar-refractivity contribution in [1.29, 1.82) is 0 Å². The number of hydrogen-bond acceptors (Lipinski definition) is 5. The van der Waals surface area contributed by atoms with Gasteiger partial charge in [0.2, 0.25) is 0 Å². The molecular formula is C24H22N4O2S. The Morgan fingerprint density at radius 2 is 1.68 bits per heavy atom. The topological polar surface area (TPSA) is 81.8 Å². The fourth-order valence-corrected chi connectivity index (χ4v) is 3.92. The molecule has 156 valence electrons. The van der Waals surface area contributed by atoms with Crippen molar-refractivity contribution in [3.63, 3.8) is 0 Å². The first-order chi connectivity index (χ1) is 14.8. The summed E-state index contributed by atoms with van der Waals surface area (Å²) in [5.41, 5.74) is 4.48. The standard InChI is InChI=1S/C24H22N4O2S/c1-24(2,3)19-6-4-16(5-7-19)18-8-11-25-20(14-18)22(29)27-23-26-15-21(31-23)17-9-12-28(30)13-10-17/h4-15H,1-3H3,(H,26,27,29). The summed E-state index contributed by atoms with van der Waals surface area (Å²) < 4.78 is 0.725. The van der Waals surface area contributed by atoms with Gasteiger partial charge in [-0.3, -0.25) is 15.1 Å². The predicted molar refractivity (Wildman–Crippen MR) is 123 cm³/mol. The highest BCUT2D eigenvalue weighted by atomic mass is 32.1. The largest absolute Gasteiger partial charge is 0.619 e. The van der Waals surface area contributed by atoms with Gasteiger partial charge < -0.3 is 5.21 Å². The lowest BCUT2D eigenvalue weighted by Crippen LogP contribution is -2.23. The van der Waals surface area contributed by atoms with E-state index in [0.29, 0.717) is 10.8 Å². The van der Waals surface area contributed by atoms with Gasteiger partial charge in [0.05, 0.1) is 4.88 Å². The van der Waals surface area contributed by atoms with Crippen molar-refractivity contribution < 1.29 is 9.52 Å². The zero-order chi connectivity index (χ0) is 22.0. The highest BCUT2D eigenvalue weighted by Crippen LogP contribution is 2.29. The Balaban J connectivity index is 1.50. The first-order valence-corrected chi connectivity index (χ1v) is 10.6. The Bertz CT molecular complexity index is 1210. The van der Waals surface area contributed by atoms with Gasteiger partial charge in [-0.15, -0.1) is 0 Å². The molecule has 1 aromatic carbocycles. The molecule has 4 aromatic rings. The fourth-order valence-electron chi connectivity index (χ4n) is 3.10. The maximum absolute atomic E-state index is 12.7. The molecule has 0 radical (unpaired) electrons. The number of rotatable bonds is 4. The molecule has 7 heteroatoms. The van der Waals surface area contributed by atoms with Crippen LogP contribution in [-0.4, -0.2) is 15.9 Å². The number of carbonyl (C=O) groups is 1. The molecule has 0 atom stereocenters. The highest BCUT2D eigenvalue weighted by molar-refractivity contribution is 7.19. The lowest BCUT2D eigenvalue weighted by molar-refractivity contribution is -0.605. The van der Waals surface area contributed by atoms with Crippen LogP contribution in [0.25, 0.3) is 21.6 Å². The predicted octanol–water partition coefficient (Wildman–Crippen LogP) is 5.06. The quantitative estimate of drug-likeness (QED) is 0.363. The Labute approximate surface area is 184 Å². The van der Waals surface area contributed by atoms with Gasteiger partial charge >= 0.3 is 0 Å². The number of nitrogens with zero attached hydrogens (tertiary/aromatic N) is 3. The van der Waals surface area contributed by atoms with Gasteiger partial charge in [0.25, 0.3) is 5.91 Å². The number of amides is 1. The van der Waals surface area contributed by atoms with Crippen molar-refractivity contribution in [2.75, 3.05) is 5.32 Å². The van der Waals surface area contributed by atoms with E-state index in [4.69, 9.17) is 0 Å². The van der Waals surface area contributed by atoms with Crippen LogP contribution in [0, 0.1) is 5.21 Å². The van der Waals surface area contributed by atoms with E-state index in [-0.39, 0.29) is 11.3 Å². The number of benzene rings is 1. The zero-order valence-electron chi connectivity index (χ0n) is 17.5. The molecule has 3 aromatic heterocycles. The van der Waals surface area contributed by atoms with Gasteiger partial charge in [-0.2, -0.15) is 4.73 Å². The summed E-state index contributed by atoms with van der Waals surface area (Å²) in [5.74, 6) is -0.320. The van der Waals surface area contributed by atoms with Gasteiger partial charge in [0, 0.05) is 30.1 Å². The van der Waals surface area contributed by atoms with Crippen LogP contribution in [0.2, 0.25) is 0 Å². The number of pyridine rings is 2. The summed E-state index contributed by atoms with van der Waals surface area (Å²) in [6.07, 6.45) is 6.16. The minimum absolute atomic E-state index is 0.0875. The maximum atomic E-state index is 12.7. The number of anilines is 1. The zero-order valence-corrected chi connectivity index (χ0v) is 18.3. The van der Waals surface area contributed by atoms with E-state index in [1.807, 2.05) is 6.07 Å². The van der Waals surface area contributed by atoms with E-state index in [9.17, 15) is 10.0 Å². The number of nitrogens with one attached hydrogen (secondary N) is 1. The Kier molecular flexibility index (Phi) is 5.52. The second kappa shape index (κ2) is 8.28. The van der Waals surface area contributed by atoms with Gasteiger partial charge in [-0.25, -0.2) is 4.98 Å². The molecule has 0 aliphatic heterocycles. The summed E-state index contributed by atoms with van der Waals surface area (Å²) in [6, 6.07) is 15.5. The molecule has 0 aliphatic carbocycles. The average Bonchev–Trinajstić information content (AvgIpc) is 3.22. The lowest BCUT2D eigenvalue weighted by Gasteiger charge is -2.19. The SMILES string of the molecule is CC(C)(C)c1ccc(-c2ccnc(C(=O)Nc3ncc(-c4cc[n+]([O-])cc4)s3)c2)cc1. The van der Waals surface area contributed by atoms with Crippen molar-refractivity contribution in [2.45, 2.75) is 26.2 Å². The first-order valence-electron chi connectivity index (χ1n) is 9.83. The number of hydrogen-bond donors (Lipinski definition) is 1. The second-order valence-corrected chi connectivity index (χ2v) is 9.22. The molecule has 31 heavy (non-hydrogen) atoms. The molecular weight excluding hydrogens is 408 g/mol. The average molecular weight is 431 g/mol. The second-order valence-electron chi connectivity index (χ2n) is 8.19. The first kappa shape index (κ1) is 20.7. The van der Waals surface area contributed by atoms with E-state index in [1.165, 1.54) is 29.3 Å². The number of carbonyl (C=O) groups excluding carboxylic acids is 1. The van der Waals surface area contributed by atoms with Crippen LogP contribution in [0.15, 0.2) is 73.3 Å². The van der Waals surface area contributed by atoms with Crippen molar-refractivity contribution in [1.82, 2.24) is 9.97 Å². The van der Waals surface area contributed by atoms with Crippen molar-refractivity contribution in [3.05, 3.63) is 89.8 Å². The molecule has 1 N–H and O–H groups in total. The third kappa shape index (κ3) is 4.78. The Morgan fingerprint density at radius 3 is 2.35 bits per heavy atom. The monoisotopic (exact) mass is 430 g/mol. The highest BCUT2D eigenvalue weighted by Gasteiger charge is 2.15. The van der Waals surface area contributed by atoms with Crippen LogP contribution >= 0.6 is 11.3 Å². The molecule has 4 rings (SSSR count). The van der Waals surface area contributed by atoms with E-state index in [1.54, 1.807) is 30.6 Å². The van der Waals surface area contributed by atoms with Crippen LogP contribution in [0.4, 0.5) is 5.13 Å². The molecule has 0 saturated carbocycles. The molecule has 0 aliphatic rings. The van der Waals surface area contributed by atoms with Crippen molar-refractivity contribution in [2.24, 2.45) is 0 Å². The van der Waals surface area contributed by atoms with Crippen LogP contribution in [0.1, 0.15) is 36.8 Å². The minimum atomic E-state index is -0.320. The van der Waals surface area contributed by atoms with E-state index >= 15 is 0 Å². The molecule has 0 spiro atoms. The van der Waals surface area contributed by atoms with E-state index in [2.05, 4.69) is 60.3 Å². The lowest BCUT2D eigenvalue weighted by atomic mass is 9.86. The fraction of sp³-hybridized carbons (Fsp3) is 0.167. The van der Waals surface area contributed by atoms with Gasteiger partial charge in [-0.1, -0.05) is 56.4 Å². The van der Waals surface area contributed by atoms with Crippen LogP contribution in [-0.2, 0) is 5.41 Å². The molecule has 3 heterocycles. The summed E-state index contributed by atoms with van der Waals surface area (Å²) in [5, 5.41) is 14.5. The van der Waals surface area contributed by atoms with Gasteiger partial charge in [0.1, 0.15) is 5.69 Å². The third-order valence-corrected chi connectivity index (χ3v) is 5.85. The molecule has 0 saturated heterocycles. The minimum Gasteiger partial charge on any atom is -0.619 e. The molecule has 0 unspecified atom stereocenters. The number of thiazole rings is 1. The third-order valence-electron chi connectivity index (χ3n) is 4.89. The van der Waals surface area contributed by atoms with E-state index < -0.39 is 0 Å². The smallest absolute Gasteiger partial charge is 0.276 e. The Hall–Kier alpha value is -3.58. The van der Waals surface area contributed by atoms with Gasteiger partial charge in [0.15, 0.2) is 17.5 Å². The van der Waals surface area contributed by atoms with Gasteiger partial charge in [-0.05, 0) is 34.2 Å². The number of aromatic nitrogens is 3. The summed E-state index contributed by atoms with van der Waals surface area (Å²) in [6.45, 7) is 6.54. The molecule has 0 bridgehead atoms. The van der Waals surface area contributed by atoms with Crippen molar-refractivity contribution >= 4 is 22.4 Å². The maximum Gasteiger partial charge on any atom is 0.276 e. The normalized spacial score (nSPS) is 11.3. The molecule has 1 amide bonds. The van der Waals surface area contributed by atoms with Crippen LogP contribution in [0.3, 0.4) is 0 Å². The molecule has 0 fully saturated rings. The van der Waals surface area contributed by atoms with Crippen LogP contribution in [0.5, 0.6) is 0 Å².